The Morgan fingerprint density at radius 1 is 1.14 bits per heavy atom. The minimum Gasteiger partial charge on any atom is -0.467 e. The van der Waals surface area contributed by atoms with E-state index in [0.717, 1.165) is 0 Å². The fourth-order valence-electron chi connectivity index (χ4n) is 1.89. The first-order valence-corrected chi connectivity index (χ1v) is 7.03. The second-order valence-corrected chi connectivity index (χ2v) is 5.06. The van der Waals surface area contributed by atoms with Crippen molar-refractivity contribution in [2.75, 3.05) is 5.32 Å². The van der Waals surface area contributed by atoms with E-state index in [1.807, 2.05) is 13.8 Å². The van der Waals surface area contributed by atoms with Crippen molar-refractivity contribution in [3.05, 3.63) is 54.0 Å². The van der Waals surface area contributed by atoms with Gasteiger partial charge in [-0.25, -0.2) is 4.79 Å². The van der Waals surface area contributed by atoms with E-state index in [9.17, 15) is 9.59 Å². The van der Waals surface area contributed by atoms with Crippen molar-refractivity contribution in [3.63, 3.8) is 0 Å². The summed E-state index contributed by atoms with van der Waals surface area (Å²) in [5.74, 6) is 0.383. The molecule has 2 aromatic rings. The monoisotopic (exact) mass is 301 g/mol. The predicted molar refractivity (Wildman–Crippen MR) is 83.6 cm³/mol. The number of carbonyl (C=O) groups excluding carboxylic acids is 2. The van der Waals surface area contributed by atoms with Crippen LogP contribution in [0.3, 0.4) is 0 Å². The summed E-state index contributed by atoms with van der Waals surface area (Å²) in [6, 6.07) is 10.0. The van der Waals surface area contributed by atoms with Gasteiger partial charge in [0.15, 0.2) is 0 Å². The summed E-state index contributed by atoms with van der Waals surface area (Å²) >= 11 is 0. The number of furan rings is 1. The lowest BCUT2D eigenvalue weighted by atomic mass is 10.1. The molecule has 0 radical (unpaired) electrons. The molecule has 3 amide bonds. The molecule has 0 fully saturated rings. The van der Waals surface area contributed by atoms with Crippen LogP contribution in [0.5, 0.6) is 0 Å². The maximum absolute atomic E-state index is 12.2. The van der Waals surface area contributed by atoms with Gasteiger partial charge in [0.2, 0.25) is 0 Å². The molecule has 1 heterocycles. The summed E-state index contributed by atoms with van der Waals surface area (Å²) in [6.45, 7) is 4.02. The van der Waals surface area contributed by atoms with Gasteiger partial charge in [-0.3, -0.25) is 4.79 Å². The fourth-order valence-corrected chi connectivity index (χ4v) is 1.89. The van der Waals surface area contributed by atoms with Crippen LogP contribution in [-0.2, 0) is 6.54 Å². The second-order valence-electron chi connectivity index (χ2n) is 5.06. The first kappa shape index (κ1) is 15.6. The number of urea groups is 1. The van der Waals surface area contributed by atoms with E-state index in [2.05, 4.69) is 16.0 Å². The Morgan fingerprint density at radius 2 is 1.91 bits per heavy atom. The quantitative estimate of drug-likeness (QED) is 0.794. The lowest BCUT2D eigenvalue weighted by Crippen LogP contribution is -2.35. The molecule has 0 unspecified atom stereocenters. The van der Waals surface area contributed by atoms with Gasteiger partial charge in [0, 0.05) is 6.04 Å². The molecule has 22 heavy (non-hydrogen) atoms. The average molecular weight is 301 g/mol. The van der Waals surface area contributed by atoms with Crippen LogP contribution in [0, 0.1) is 0 Å². The Hall–Kier alpha value is -2.76. The molecule has 3 N–H and O–H groups in total. The van der Waals surface area contributed by atoms with Gasteiger partial charge in [-0.15, -0.1) is 0 Å². The molecule has 0 saturated heterocycles. The molecule has 0 aliphatic heterocycles. The van der Waals surface area contributed by atoms with E-state index in [0.29, 0.717) is 23.6 Å². The number of rotatable bonds is 5. The Kier molecular flexibility index (Phi) is 5.19. The number of anilines is 1. The van der Waals surface area contributed by atoms with E-state index in [-0.39, 0.29) is 18.0 Å². The molecule has 6 nitrogen and oxygen atoms in total. The first-order valence-electron chi connectivity index (χ1n) is 7.03. The third kappa shape index (κ3) is 4.37. The van der Waals surface area contributed by atoms with Crippen molar-refractivity contribution in [2.24, 2.45) is 0 Å². The number of carbonyl (C=O) groups is 2. The van der Waals surface area contributed by atoms with Gasteiger partial charge in [0.25, 0.3) is 5.91 Å². The van der Waals surface area contributed by atoms with Crippen molar-refractivity contribution in [2.45, 2.75) is 26.4 Å². The minimum atomic E-state index is -0.346. The van der Waals surface area contributed by atoms with Crippen LogP contribution in [0.2, 0.25) is 0 Å². The second kappa shape index (κ2) is 7.31. The van der Waals surface area contributed by atoms with Crippen molar-refractivity contribution in [1.82, 2.24) is 10.6 Å². The Morgan fingerprint density at radius 3 is 2.59 bits per heavy atom. The highest BCUT2D eigenvalue weighted by Crippen LogP contribution is 2.15. The molecule has 0 aliphatic rings. The van der Waals surface area contributed by atoms with E-state index in [4.69, 9.17) is 4.42 Å². The van der Waals surface area contributed by atoms with E-state index < -0.39 is 0 Å². The van der Waals surface area contributed by atoms with Gasteiger partial charge in [-0.1, -0.05) is 12.1 Å². The minimum absolute atomic E-state index is 0.0138. The molecular formula is C16H19N3O3. The van der Waals surface area contributed by atoms with Crippen LogP contribution < -0.4 is 16.0 Å². The molecule has 0 atom stereocenters. The molecule has 0 saturated carbocycles. The maximum Gasteiger partial charge on any atom is 0.319 e. The topological polar surface area (TPSA) is 83.4 Å². The smallest absolute Gasteiger partial charge is 0.319 e. The first-order chi connectivity index (χ1) is 10.6. The average Bonchev–Trinajstić information content (AvgIpc) is 2.97. The maximum atomic E-state index is 12.2. The molecule has 0 bridgehead atoms. The molecule has 1 aromatic carbocycles. The highest BCUT2D eigenvalue weighted by Gasteiger charge is 2.13. The molecular weight excluding hydrogens is 282 g/mol. The summed E-state index contributed by atoms with van der Waals surface area (Å²) in [5.41, 5.74) is 0.852. The largest absolute Gasteiger partial charge is 0.467 e. The highest BCUT2D eigenvalue weighted by atomic mass is 16.3. The van der Waals surface area contributed by atoms with Crippen LogP contribution in [0.4, 0.5) is 10.5 Å². The van der Waals surface area contributed by atoms with Gasteiger partial charge < -0.3 is 20.4 Å². The highest BCUT2D eigenvalue weighted by molar-refractivity contribution is 6.03. The summed E-state index contributed by atoms with van der Waals surface area (Å²) in [7, 11) is 0. The zero-order valence-electron chi connectivity index (χ0n) is 12.6. The standard InChI is InChI=1S/C16H19N3O3/c1-11(2)18-16(21)19-14-8-4-3-7-13(14)15(20)17-10-12-6-5-9-22-12/h3-9,11H,10H2,1-2H3,(H,17,20)(H2,18,19,21). The third-order valence-corrected chi connectivity index (χ3v) is 2.84. The fraction of sp³-hybridized carbons (Fsp3) is 0.250. The summed E-state index contributed by atoms with van der Waals surface area (Å²) in [4.78, 5) is 24.0. The van der Waals surface area contributed by atoms with E-state index in [1.165, 1.54) is 0 Å². The van der Waals surface area contributed by atoms with Crippen molar-refractivity contribution in [1.29, 1.82) is 0 Å². The number of hydrogen-bond donors (Lipinski definition) is 3. The SMILES string of the molecule is CC(C)NC(=O)Nc1ccccc1C(=O)NCc1ccco1. The molecule has 1 aromatic heterocycles. The number of benzene rings is 1. The Balaban J connectivity index is 2.03. The molecule has 0 spiro atoms. The number of amides is 3. The van der Waals surface area contributed by atoms with E-state index in [1.54, 1.807) is 42.7 Å². The number of hydrogen-bond acceptors (Lipinski definition) is 3. The molecule has 2 rings (SSSR count). The lowest BCUT2D eigenvalue weighted by molar-refractivity contribution is 0.0949. The molecule has 0 aliphatic carbocycles. The summed E-state index contributed by atoms with van der Waals surface area (Å²) in [6.07, 6.45) is 1.55. The van der Waals surface area contributed by atoms with Crippen LogP contribution in [-0.4, -0.2) is 18.0 Å². The van der Waals surface area contributed by atoms with Gasteiger partial charge in [0.05, 0.1) is 24.1 Å². The van der Waals surface area contributed by atoms with Crippen LogP contribution in [0.1, 0.15) is 30.0 Å². The third-order valence-electron chi connectivity index (χ3n) is 2.84. The molecule has 116 valence electrons. The van der Waals surface area contributed by atoms with Crippen LogP contribution >= 0.6 is 0 Å². The van der Waals surface area contributed by atoms with Gasteiger partial charge in [0.1, 0.15) is 5.76 Å². The summed E-state index contributed by atoms with van der Waals surface area (Å²) < 4.78 is 5.16. The van der Waals surface area contributed by atoms with Crippen molar-refractivity contribution < 1.29 is 14.0 Å². The van der Waals surface area contributed by atoms with Gasteiger partial charge in [-0.2, -0.15) is 0 Å². The summed E-state index contributed by atoms with van der Waals surface area (Å²) in [5, 5.41) is 8.15. The lowest BCUT2D eigenvalue weighted by Gasteiger charge is -2.13. The van der Waals surface area contributed by atoms with E-state index >= 15 is 0 Å². The Bertz CT molecular complexity index is 636. The van der Waals surface area contributed by atoms with Crippen molar-refractivity contribution >= 4 is 17.6 Å². The van der Waals surface area contributed by atoms with Crippen molar-refractivity contribution in [3.8, 4) is 0 Å². The zero-order valence-corrected chi connectivity index (χ0v) is 12.6. The van der Waals surface area contributed by atoms with Crippen LogP contribution in [0.15, 0.2) is 47.1 Å². The number of para-hydroxylation sites is 1. The predicted octanol–water partition coefficient (Wildman–Crippen LogP) is 2.74. The van der Waals surface area contributed by atoms with Crippen LogP contribution in [0.25, 0.3) is 0 Å². The van der Waals surface area contributed by atoms with Gasteiger partial charge >= 0.3 is 6.03 Å². The normalized spacial score (nSPS) is 10.3. The van der Waals surface area contributed by atoms with Gasteiger partial charge in [-0.05, 0) is 38.1 Å². The Labute approximate surface area is 128 Å². The zero-order chi connectivity index (χ0) is 15.9. The molecule has 6 heteroatoms. The number of nitrogens with one attached hydrogen (secondary N) is 3.